The number of aromatic nitrogens is 4. The monoisotopic (exact) mass is 1180 g/mol. The summed E-state index contributed by atoms with van der Waals surface area (Å²) in [4.78, 5) is 59.3. The van der Waals surface area contributed by atoms with Gasteiger partial charge in [-0.25, -0.2) is 9.59 Å². The van der Waals surface area contributed by atoms with Crippen LogP contribution >= 0.6 is 0 Å². The molecule has 0 amide bonds. The van der Waals surface area contributed by atoms with Crippen molar-refractivity contribution in [2.75, 3.05) is 54.7 Å². The van der Waals surface area contributed by atoms with Crippen LogP contribution in [0.2, 0.25) is 18.1 Å². The van der Waals surface area contributed by atoms with Gasteiger partial charge in [0.05, 0.1) is 26.9 Å². The minimum Gasteiger partial charge on any atom is -0.497 e. The van der Waals surface area contributed by atoms with Gasteiger partial charge < -0.3 is 42.5 Å². The summed E-state index contributed by atoms with van der Waals surface area (Å²) in [5, 5.41) is -0.159. The number of unbranched alkanes of at least 4 members (excludes halogenated alkanes) is 14. The summed E-state index contributed by atoms with van der Waals surface area (Å²) in [6, 6.07) is 28.5. The first-order chi connectivity index (χ1) is 40.5. The number of aromatic amines is 2. The van der Waals surface area contributed by atoms with Crippen molar-refractivity contribution in [1.82, 2.24) is 24.0 Å². The Morgan fingerprint density at radius 3 is 1.45 bits per heavy atom. The van der Waals surface area contributed by atoms with Crippen LogP contribution < -0.4 is 32.0 Å². The molecule has 0 bridgehead atoms. The Bertz CT molecular complexity index is 2930. The van der Waals surface area contributed by atoms with Crippen LogP contribution in [0.5, 0.6) is 11.5 Å². The van der Waals surface area contributed by atoms with E-state index in [2.05, 4.69) is 67.8 Å². The van der Waals surface area contributed by atoms with Gasteiger partial charge in [0.25, 0.3) is 11.1 Å². The summed E-state index contributed by atoms with van der Waals surface area (Å²) in [5.74, 6) is 1.03. The lowest BCUT2D eigenvalue weighted by atomic mass is 9.79. The zero-order valence-electron chi connectivity index (χ0n) is 51.8. The minimum atomic E-state index is -2.49. The smallest absolute Gasteiger partial charge is 0.330 e. The van der Waals surface area contributed by atoms with Gasteiger partial charge in [0, 0.05) is 51.2 Å². The number of benzene rings is 3. The molecule has 0 saturated carbocycles. The maximum absolute atomic E-state index is 13.7. The maximum Gasteiger partial charge on any atom is 0.330 e. The van der Waals surface area contributed by atoms with E-state index in [1.807, 2.05) is 66.7 Å². The molecular weight excluding hydrogens is 1080 g/mol. The van der Waals surface area contributed by atoms with E-state index in [-0.39, 0.29) is 17.6 Å². The van der Waals surface area contributed by atoms with Crippen LogP contribution in [-0.2, 0) is 33.7 Å². The highest BCUT2D eigenvalue weighted by molar-refractivity contribution is 6.74. The number of hydrogen-bond donors (Lipinski definition) is 2. The molecule has 2 N–H and O–H groups in total. The van der Waals surface area contributed by atoms with Crippen molar-refractivity contribution in [1.29, 1.82) is 0 Å². The molecule has 462 valence electrons. The standard InChI is InChI=1S/C66H97N5O12Si/c1-11-12-13-14-15-16-17-18-19-20-21-22-23-24-28-42-69(46-54-59(83-84(9,10)65(2,3)4)60(79-8)62(81-54)71-45-41-57(73)68-64(71)75)43-39-53-55(82-61(58(53)78-7)70-44-40-56(72)67-63(70)74)47-80-66(48-29-26-25-27-30-48,49-31-35-51(76-5)36-32-49)50-33-37-52(77-6)38-34-50/h25-27,29-38,40-41,44-45,53-55,58-62H,11-24,28,39,42-43,46-47H2,1-10H3,(H,67,72,74)(H,68,73,75)/t53-,54-,55-,58-,59-,60-,61-,62-/m1/s1. The maximum atomic E-state index is 13.7. The third-order valence-corrected chi connectivity index (χ3v) is 22.2. The number of ether oxygens (including phenoxy) is 7. The Labute approximate surface area is 498 Å². The molecule has 84 heavy (non-hydrogen) atoms. The molecule has 2 saturated heterocycles. The van der Waals surface area contributed by atoms with E-state index in [0.717, 1.165) is 42.5 Å². The van der Waals surface area contributed by atoms with Crippen LogP contribution in [0.1, 0.15) is 160 Å². The molecule has 3 aromatic carbocycles. The first kappa shape index (κ1) is 66.1. The van der Waals surface area contributed by atoms with Gasteiger partial charge in [0.1, 0.15) is 41.5 Å². The van der Waals surface area contributed by atoms with Crippen molar-refractivity contribution in [2.24, 2.45) is 5.92 Å². The van der Waals surface area contributed by atoms with Gasteiger partial charge in [0.2, 0.25) is 0 Å². The van der Waals surface area contributed by atoms with Crippen molar-refractivity contribution < 1.29 is 37.6 Å². The largest absolute Gasteiger partial charge is 0.497 e. The first-order valence-corrected chi connectivity index (χ1v) is 33.8. The molecule has 0 unspecified atom stereocenters. The quantitative estimate of drug-likeness (QED) is 0.0222. The average Bonchev–Trinajstić information content (AvgIpc) is 1.37. The first-order valence-electron chi connectivity index (χ1n) is 30.9. The van der Waals surface area contributed by atoms with Crippen LogP contribution in [-0.4, -0.2) is 118 Å². The second-order valence-electron chi connectivity index (χ2n) is 24.4. The highest BCUT2D eigenvalue weighted by atomic mass is 28.4. The lowest BCUT2D eigenvalue weighted by molar-refractivity contribution is -0.0932. The fraction of sp³-hybridized carbons (Fsp3) is 0.606. The van der Waals surface area contributed by atoms with Gasteiger partial charge in [-0.3, -0.25) is 28.7 Å². The van der Waals surface area contributed by atoms with E-state index in [1.165, 1.54) is 111 Å². The number of methoxy groups -OCH3 is 4. The number of nitrogens with one attached hydrogen (secondary N) is 2. The van der Waals surface area contributed by atoms with Gasteiger partial charge in [0.15, 0.2) is 20.8 Å². The topological polar surface area (TPSA) is 187 Å². The predicted octanol–water partition coefficient (Wildman–Crippen LogP) is 11.5. The van der Waals surface area contributed by atoms with Crippen molar-refractivity contribution >= 4 is 8.32 Å². The van der Waals surface area contributed by atoms with Crippen LogP contribution in [0.3, 0.4) is 0 Å². The van der Waals surface area contributed by atoms with Crippen LogP contribution in [0.15, 0.2) is 123 Å². The van der Waals surface area contributed by atoms with E-state index < -0.39 is 79.4 Å². The number of rotatable bonds is 35. The van der Waals surface area contributed by atoms with Gasteiger partial charge in [-0.1, -0.05) is 172 Å². The summed E-state index contributed by atoms with van der Waals surface area (Å²) >= 11 is 0. The summed E-state index contributed by atoms with van der Waals surface area (Å²) in [7, 11) is 4.03. The van der Waals surface area contributed by atoms with Crippen LogP contribution in [0.4, 0.5) is 0 Å². The molecule has 2 aliphatic rings. The Balaban J connectivity index is 1.20. The fourth-order valence-electron chi connectivity index (χ4n) is 11.9. The Kier molecular flexibility index (Phi) is 25.0. The number of hydrogen-bond acceptors (Lipinski definition) is 13. The SMILES string of the molecule is CCCCCCCCCCCCCCCCCN(CC[C@H]1[C@@H](OC)[C@H](n2ccc(=O)[nH]c2=O)O[C@@H]1COC(c1ccccc1)(c1ccc(OC)cc1)c1ccc(OC)cc1)C[C@H]1O[C@@H](n2ccc(=O)[nH]c2=O)[C@H](OC)[C@@H]1O[Si](C)(C)C(C)(C)C. The third kappa shape index (κ3) is 17.0. The Hall–Kier alpha value is -5.44. The normalized spacial score (nSPS) is 21.1. The van der Waals surface area contributed by atoms with Gasteiger partial charge in [-0.15, -0.1) is 0 Å². The molecule has 18 heteroatoms. The van der Waals surface area contributed by atoms with Crippen LogP contribution in [0.25, 0.3) is 0 Å². The number of nitrogens with zero attached hydrogens (tertiary/aromatic N) is 3. The van der Waals surface area contributed by atoms with E-state index in [0.29, 0.717) is 31.0 Å². The summed E-state index contributed by atoms with van der Waals surface area (Å²) in [5.41, 5.74) is -0.830. The molecule has 7 rings (SSSR count). The fourth-order valence-corrected chi connectivity index (χ4v) is 13.2. The van der Waals surface area contributed by atoms with Gasteiger partial charge in [-0.05, 0) is 85.0 Å². The number of H-pyrrole nitrogens is 2. The molecule has 2 aromatic heterocycles. The molecule has 0 aliphatic carbocycles. The summed E-state index contributed by atoms with van der Waals surface area (Å²) in [6.45, 7) is 15.1. The molecule has 8 atom stereocenters. The van der Waals surface area contributed by atoms with Crippen molar-refractivity contribution in [2.45, 2.75) is 197 Å². The molecule has 5 aromatic rings. The predicted molar refractivity (Wildman–Crippen MR) is 332 cm³/mol. The molecular formula is C66H97N5O12Si. The third-order valence-electron chi connectivity index (χ3n) is 17.7. The highest BCUT2D eigenvalue weighted by Gasteiger charge is 2.53. The minimum absolute atomic E-state index is 0.0599. The summed E-state index contributed by atoms with van der Waals surface area (Å²) < 4.78 is 55.6. The molecule has 0 spiro atoms. The zero-order chi connectivity index (χ0) is 60.3. The zero-order valence-corrected chi connectivity index (χ0v) is 52.8. The van der Waals surface area contributed by atoms with Crippen LogP contribution in [0, 0.1) is 5.92 Å². The van der Waals surface area contributed by atoms with Crippen molar-refractivity contribution in [3.63, 3.8) is 0 Å². The van der Waals surface area contributed by atoms with E-state index in [1.54, 1.807) is 28.4 Å². The van der Waals surface area contributed by atoms with Crippen molar-refractivity contribution in [3.8, 4) is 11.5 Å². The summed E-state index contributed by atoms with van der Waals surface area (Å²) in [6.07, 6.45) is 17.4. The van der Waals surface area contributed by atoms with E-state index in [9.17, 15) is 19.2 Å². The lowest BCUT2D eigenvalue weighted by Gasteiger charge is -2.41. The molecule has 2 aliphatic heterocycles. The Morgan fingerprint density at radius 1 is 0.548 bits per heavy atom. The molecule has 0 radical (unpaired) electrons. The molecule has 2 fully saturated rings. The second-order valence-corrected chi connectivity index (χ2v) is 29.2. The van der Waals surface area contributed by atoms with Gasteiger partial charge >= 0.3 is 11.4 Å². The van der Waals surface area contributed by atoms with E-state index in [4.69, 9.17) is 37.6 Å². The average molecular weight is 1180 g/mol. The highest BCUT2D eigenvalue weighted by Crippen LogP contribution is 2.46. The van der Waals surface area contributed by atoms with E-state index >= 15 is 0 Å². The van der Waals surface area contributed by atoms with Crippen molar-refractivity contribution in [3.05, 3.63) is 162 Å². The molecule has 4 heterocycles. The Morgan fingerprint density at radius 2 is 1.00 bits per heavy atom. The lowest BCUT2D eigenvalue weighted by Crippen LogP contribution is -2.51. The van der Waals surface area contributed by atoms with Gasteiger partial charge in [-0.2, -0.15) is 0 Å². The second kappa shape index (κ2) is 31.8. The molecule has 17 nitrogen and oxygen atoms in total.